The van der Waals surface area contributed by atoms with E-state index in [1.165, 1.54) is 0 Å². The number of furan rings is 1. The first-order valence-electron chi connectivity index (χ1n) is 4.17. The summed E-state index contributed by atoms with van der Waals surface area (Å²) >= 11 is 0. The van der Waals surface area contributed by atoms with Gasteiger partial charge in [-0.05, 0) is 25.1 Å². The van der Waals surface area contributed by atoms with Gasteiger partial charge in [-0.25, -0.2) is 4.98 Å². The molecule has 0 aliphatic heterocycles. The summed E-state index contributed by atoms with van der Waals surface area (Å²) in [5.74, 6) is 0.911. The van der Waals surface area contributed by atoms with E-state index in [1.807, 2.05) is 39.0 Å². The predicted molar refractivity (Wildman–Crippen MR) is 50.1 cm³/mol. The molecule has 0 aliphatic carbocycles. The molecule has 64 valence electrons. The van der Waals surface area contributed by atoms with Crippen LogP contribution in [0.3, 0.4) is 0 Å². The number of aryl methyl sites for hydroxylation is 1. The molecule has 2 nitrogen and oxygen atoms in total. The van der Waals surface area contributed by atoms with E-state index in [9.17, 15) is 0 Å². The molecule has 0 N–H and O–H groups in total. The molecule has 2 rings (SSSR count). The second-order valence-electron chi connectivity index (χ2n) is 2.25. The van der Waals surface area contributed by atoms with E-state index < -0.39 is 0 Å². The van der Waals surface area contributed by atoms with E-state index in [1.54, 1.807) is 6.20 Å². The average molecular weight is 163 g/mol. The molecule has 0 unspecified atom stereocenters. The molecule has 0 spiro atoms. The molecule has 2 aromatic heterocycles. The second-order valence-corrected chi connectivity index (χ2v) is 2.25. The summed E-state index contributed by atoms with van der Waals surface area (Å²) in [5.41, 5.74) is 0.722. The lowest BCUT2D eigenvalue weighted by Crippen LogP contribution is -1.66. The standard InChI is InChI=1S/C8H7NO.C2H6/c1-6-5-7-3-2-4-9-8(7)10-6;1-2/h2-5H,1H3;1-2H3. The highest BCUT2D eigenvalue weighted by molar-refractivity contribution is 5.73. The van der Waals surface area contributed by atoms with Crippen molar-refractivity contribution in [2.24, 2.45) is 0 Å². The molecule has 0 saturated carbocycles. The third kappa shape index (κ3) is 1.64. The molecule has 0 radical (unpaired) electrons. The van der Waals surface area contributed by atoms with E-state index in [-0.39, 0.29) is 0 Å². The molecule has 0 aromatic carbocycles. The number of hydrogen-bond donors (Lipinski definition) is 0. The van der Waals surface area contributed by atoms with Crippen molar-refractivity contribution < 1.29 is 4.42 Å². The monoisotopic (exact) mass is 163 g/mol. The van der Waals surface area contributed by atoms with Crippen LogP contribution in [-0.2, 0) is 0 Å². The Kier molecular flexibility index (Phi) is 2.86. The summed E-state index contributed by atoms with van der Waals surface area (Å²) in [7, 11) is 0. The third-order valence-electron chi connectivity index (χ3n) is 1.42. The normalized spacial score (nSPS) is 9.25. The number of hydrogen-bond acceptors (Lipinski definition) is 2. The Morgan fingerprint density at radius 2 is 2.08 bits per heavy atom. The van der Waals surface area contributed by atoms with Gasteiger partial charge in [0.05, 0.1) is 0 Å². The summed E-state index contributed by atoms with van der Waals surface area (Å²) < 4.78 is 5.26. The molecule has 0 saturated heterocycles. The topological polar surface area (TPSA) is 26.0 Å². The van der Waals surface area contributed by atoms with Crippen molar-refractivity contribution in [2.75, 3.05) is 0 Å². The van der Waals surface area contributed by atoms with Gasteiger partial charge in [-0.2, -0.15) is 0 Å². The van der Waals surface area contributed by atoms with Gasteiger partial charge < -0.3 is 4.42 Å². The van der Waals surface area contributed by atoms with Gasteiger partial charge in [0.15, 0.2) is 0 Å². The minimum Gasteiger partial charge on any atom is -0.443 e. The van der Waals surface area contributed by atoms with Crippen LogP contribution < -0.4 is 0 Å². The van der Waals surface area contributed by atoms with Crippen molar-refractivity contribution in [1.29, 1.82) is 0 Å². The van der Waals surface area contributed by atoms with Crippen molar-refractivity contribution >= 4 is 11.1 Å². The number of nitrogens with zero attached hydrogens (tertiary/aromatic N) is 1. The fraction of sp³-hybridized carbons (Fsp3) is 0.300. The maximum absolute atomic E-state index is 5.26. The summed E-state index contributed by atoms with van der Waals surface area (Å²) in [6.45, 7) is 5.92. The molecule has 2 heteroatoms. The molecule has 2 heterocycles. The molecular formula is C10H13NO. The van der Waals surface area contributed by atoms with Gasteiger partial charge in [0, 0.05) is 11.6 Å². The van der Waals surface area contributed by atoms with Crippen molar-refractivity contribution in [3.63, 3.8) is 0 Å². The summed E-state index contributed by atoms with van der Waals surface area (Å²) in [6, 6.07) is 5.86. The molecular weight excluding hydrogens is 150 g/mol. The number of aromatic nitrogens is 1. The Labute approximate surface area is 72.2 Å². The largest absolute Gasteiger partial charge is 0.443 e. The first-order chi connectivity index (χ1) is 5.86. The van der Waals surface area contributed by atoms with E-state index in [0.717, 1.165) is 16.9 Å². The van der Waals surface area contributed by atoms with E-state index in [4.69, 9.17) is 4.42 Å². The number of fused-ring (bicyclic) bond motifs is 1. The van der Waals surface area contributed by atoms with Gasteiger partial charge in [-0.3, -0.25) is 0 Å². The Hall–Kier alpha value is -1.31. The zero-order valence-electron chi connectivity index (χ0n) is 7.66. The summed E-state index contributed by atoms with van der Waals surface area (Å²) in [4.78, 5) is 4.04. The maximum Gasteiger partial charge on any atom is 0.226 e. The molecule has 2 aromatic rings. The highest BCUT2D eigenvalue weighted by Crippen LogP contribution is 2.14. The van der Waals surface area contributed by atoms with Crippen LogP contribution >= 0.6 is 0 Å². The van der Waals surface area contributed by atoms with Crippen molar-refractivity contribution in [3.05, 3.63) is 30.2 Å². The van der Waals surface area contributed by atoms with E-state index >= 15 is 0 Å². The Morgan fingerprint density at radius 3 is 2.75 bits per heavy atom. The highest BCUT2D eigenvalue weighted by Gasteiger charge is 1.96. The van der Waals surface area contributed by atoms with Gasteiger partial charge in [-0.15, -0.1) is 0 Å². The predicted octanol–water partition coefficient (Wildman–Crippen LogP) is 3.16. The second kappa shape index (κ2) is 3.90. The fourth-order valence-electron chi connectivity index (χ4n) is 0.999. The molecule has 0 aliphatic rings. The van der Waals surface area contributed by atoms with Crippen LogP contribution in [0.1, 0.15) is 19.6 Å². The van der Waals surface area contributed by atoms with Crippen molar-refractivity contribution in [2.45, 2.75) is 20.8 Å². The Balaban J connectivity index is 0.000000336. The average Bonchev–Trinajstić information content (AvgIpc) is 2.48. The molecule has 12 heavy (non-hydrogen) atoms. The third-order valence-corrected chi connectivity index (χ3v) is 1.42. The van der Waals surface area contributed by atoms with Gasteiger partial charge in [0.25, 0.3) is 0 Å². The summed E-state index contributed by atoms with van der Waals surface area (Å²) in [5, 5.41) is 1.07. The summed E-state index contributed by atoms with van der Waals surface area (Å²) in [6.07, 6.45) is 1.73. The van der Waals surface area contributed by atoms with Crippen LogP contribution in [0.4, 0.5) is 0 Å². The van der Waals surface area contributed by atoms with Crippen LogP contribution in [0, 0.1) is 6.92 Å². The van der Waals surface area contributed by atoms with E-state index in [0.29, 0.717) is 0 Å². The lowest BCUT2D eigenvalue weighted by atomic mass is 10.3. The minimum atomic E-state index is 0.722. The van der Waals surface area contributed by atoms with Crippen molar-refractivity contribution in [3.8, 4) is 0 Å². The van der Waals surface area contributed by atoms with E-state index in [2.05, 4.69) is 4.98 Å². The van der Waals surface area contributed by atoms with Gasteiger partial charge in [0.2, 0.25) is 5.71 Å². The van der Waals surface area contributed by atoms with Crippen LogP contribution in [0.25, 0.3) is 11.1 Å². The molecule has 0 amide bonds. The smallest absolute Gasteiger partial charge is 0.226 e. The highest BCUT2D eigenvalue weighted by atomic mass is 16.3. The lowest BCUT2D eigenvalue weighted by Gasteiger charge is -1.81. The maximum atomic E-state index is 5.26. The SMILES string of the molecule is CC.Cc1cc2cccnc2o1. The molecule has 0 bridgehead atoms. The molecule has 0 atom stereocenters. The first kappa shape index (κ1) is 8.78. The van der Waals surface area contributed by atoms with Crippen LogP contribution in [0.5, 0.6) is 0 Å². The number of pyridine rings is 1. The van der Waals surface area contributed by atoms with Crippen molar-refractivity contribution in [1.82, 2.24) is 4.98 Å². The van der Waals surface area contributed by atoms with Gasteiger partial charge in [0.1, 0.15) is 5.76 Å². The first-order valence-corrected chi connectivity index (χ1v) is 4.17. The minimum absolute atomic E-state index is 0.722. The van der Waals surface area contributed by atoms with Gasteiger partial charge >= 0.3 is 0 Å². The Bertz CT molecular complexity index is 318. The lowest BCUT2D eigenvalue weighted by molar-refractivity contribution is 0.567. The fourth-order valence-corrected chi connectivity index (χ4v) is 0.999. The zero-order valence-corrected chi connectivity index (χ0v) is 7.66. The van der Waals surface area contributed by atoms with Crippen LogP contribution in [0.15, 0.2) is 28.8 Å². The van der Waals surface area contributed by atoms with Gasteiger partial charge in [-0.1, -0.05) is 13.8 Å². The zero-order chi connectivity index (χ0) is 8.97. The van der Waals surface area contributed by atoms with Crippen LogP contribution in [0.2, 0.25) is 0 Å². The van der Waals surface area contributed by atoms with Crippen LogP contribution in [-0.4, -0.2) is 4.98 Å². The quantitative estimate of drug-likeness (QED) is 0.596. The number of rotatable bonds is 0. The Morgan fingerprint density at radius 1 is 1.33 bits per heavy atom. The molecule has 0 fully saturated rings.